The highest BCUT2D eigenvalue weighted by molar-refractivity contribution is 14.1. The van der Waals surface area contributed by atoms with E-state index in [1.54, 1.807) is 18.2 Å². The second kappa shape index (κ2) is 7.00. The molecule has 0 saturated carbocycles. The maximum absolute atomic E-state index is 12.0. The van der Waals surface area contributed by atoms with Crippen molar-refractivity contribution in [2.75, 3.05) is 0 Å². The fourth-order valence-electron chi connectivity index (χ4n) is 1.72. The van der Waals surface area contributed by atoms with Crippen molar-refractivity contribution >= 4 is 50.6 Å². The molecule has 23 heavy (non-hydrogen) atoms. The van der Waals surface area contributed by atoms with Gasteiger partial charge >= 0.3 is 0 Å². The molecule has 1 aromatic heterocycles. The largest absolute Gasteiger partial charge is 0.506 e. The first-order valence-electron chi connectivity index (χ1n) is 6.76. The number of hydrogen-bond donors (Lipinski definition) is 3. The highest BCUT2D eigenvalue weighted by Crippen LogP contribution is 2.27. The minimum Gasteiger partial charge on any atom is -0.506 e. The average Bonchev–Trinajstić information content (AvgIpc) is 2.93. The van der Waals surface area contributed by atoms with Gasteiger partial charge in [0.1, 0.15) is 5.75 Å². The minimum absolute atomic E-state index is 0.113. The molecule has 122 valence electrons. The lowest BCUT2D eigenvalue weighted by Gasteiger charge is -2.14. The highest BCUT2D eigenvalue weighted by Gasteiger charge is 2.19. The Kier molecular flexibility index (Phi) is 5.45. The number of aromatic hydroxyl groups is 1. The standard InChI is InChI=1S/C15H16BrIN4O2/c1-15(2,3)12-6-11(19-20-12)14(23)21-18-7-8-4-9(16)5-10(17)13(8)22/h4-7,22H,1-3H3,(H,19,20)(H,21,23)/b18-7-. The summed E-state index contributed by atoms with van der Waals surface area (Å²) < 4.78 is 1.50. The van der Waals surface area contributed by atoms with Crippen molar-refractivity contribution in [1.82, 2.24) is 15.6 Å². The number of hydrazone groups is 1. The lowest BCUT2D eigenvalue weighted by molar-refractivity contribution is 0.0950. The molecule has 0 atom stereocenters. The first-order chi connectivity index (χ1) is 10.7. The van der Waals surface area contributed by atoms with Gasteiger partial charge in [0.15, 0.2) is 5.69 Å². The second-order valence-electron chi connectivity index (χ2n) is 5.94. The van der Waals surface area contributed by atoms with Crippen LogP contribution in [0.1, 0.15) is 42.5 Å². The summed E-state index contributed by atoms with van der Waals surface area (Å²) in [4.78, 5) is 12.0. The van der Waals surface area contributed by atoms with E-state index in [2.05, 4.69) is 36.7 Å². The van der Waals surface area contributed by atoms with E-state index >= 15 is 0 Å². The van der Waals surface area contributed by atoms with Crippen LogP contribution in [0.5, 0.6) is 5.75 Å². The Labute approximate surface area is 156 Å². The number of nitrogens with one attached hydrogen (secondary N) is 2. The van der Waals surface area contributed by atoms with E-state index in [9.17, 15) is 9.90 Å². The molecule has 3 N–H and O–H groups in total. The van der Waals surface area contributed by atoms with Crippen LogP contribution in [0.15, 0.2) is 27.8 Å². The van der Waals surface area contributed by atoms with E-state index < -0.39 is 5.91 Å². The molecule has 0 saturated heterocycles. The van der Waals surface area contributed by atoms with E-state index in [0.29, 0.717) is 9.13 Å². The van der Waals surface area contributed by atoms with Crippen LogP contribution in [0.2, 0.25) is 0 Å². The molecule has 8 heteroatoms. The Balaban J connectivity index is 2.09. The number of amides is 1. The number of aromatic amines is 1. The predicted molar refractivity (Wildman–Crippen MR) is 101 cm³/mol. The molecule has 0 radical (unpaired) electrons. The van der Waals surface area contributed by atoms with Gasteiger partial charge in [-0.15, -0.1) is 0 Å². The Morgan fingerprint density at radius 1 is 1.43 bits per heavy atom. The Morgan fingerprint density at radius 3 is 2.74 bits per heavy atom. The van der Waals surface area contributed by atoms with Crippen molar-refractivity contribution in [3.05, 3.63) is 43.2 Å². The highest BCUT2D eigenvalue weighted by atomic mass is 127. The Morgan fingerprint density at radius 2 is 2.13 bits per heavy atom. The van der Waals surface area contributed by atoms with Gasteiger partial charge in [0.05, 0.1) is 9.78 Å². The number of carbonyl (C=O) groups is 1. The summed E-state index contributed by atoms with van der Waals surface area (Å²) in [6, 6.07) is 5.19. The molecular weight excluding hydrogens is 475 g/mol. The van der Waals surface area contributed by atoms with Crippen LogP contribution < -0.4 is 5.43 Å². The summed E-state index contributed by atoms with van der Waals surface area (Å²) in [5, 5.41) is 20.7. The molecule has 0 spiro atoms. The number of phenols is 1. The molecular formula is C15H16BrIN4O2. The van der Waals surface area contributed by atoms with Crippen LogP contribution in [0.4, 0.5) is 0 Å². The number of H-pyrrole nitrogens is 1. The number of carbonyl (C=O) groups excluding carboxylic acids is 1. The molecule has 1 aromatic carbocycles. The number of benzene rings is 1. The number of rotatable bonds is 3. The summed E-state index contributed by atoms with van der Waals surface area (Å²) in [5.74, 6) is -0.307. The molecule has 1 amide bonds. The molecule has 0 aliphatic rings. The summed E-state index contributed by atoms with van der Waals surface area (Å²) in [6.07, 6.45) is 1.39. The first-order valence-corrected chi connectivity index (χ1v) is 8.63. The molecule has 1 heterocycles. The molecule has 2 rings (SSSR count). The van der Waals surface area contributed by atoms with Gasteiger partial charge in [-0.05, 0) is 40.8 Å². The molecule has 0 unspecified atom stereocenters. The number of aromatic nitrogens is 2. The number of hydrogen-bond acceptors (Lipinski definition) is 4. The quantitative estimate of drug-likeness (QED) is 0.349. The Hall–Kier alpha value is -1.42. The van der Waals surface area contributed by atoms with Crippen molar-refractivity contribution in [3.63, 3.8) is 0 Å². The van der Waals surface area contributed by atoms with Crippen LogP contribution in [-0.2, 0) is 5.41 Å². The van der Waals surface area contributed by atoms with Gasteiger partial charge in [0, 0.05) is 21.1 Å². The van der Waals surface area contributed by atoms with Gasteiger partial charge in [0.2, 0.25) is 0 Å². The van der Waals surface area contributed by atoms with Crippen LogP contribution >= 0.6 is 38.5 Å². The summed E-state index contributed by atoms with van der Waals surface area (Å²) >= 11 is 5.36. The van der Waals surface area contributed by atoms with Crippen LogP contribution in [-0.4, -0.2) is 27.4 Å². The molecule has 0 bridgehead atoms. The lowest BCUT2D eigenvalue weighted by Crippen LogP contribution is -2.18. The lowest BCUT2D eigenvalue weighted by atomic mass is 9.92. The van der Waals surface area contributed by atoms with Crippen molar-refractivity contribution in [2.24, 2.45) is 5.10 Å². The van der Waals surface area contributed by atoms with Gasteiger partial charge in [0.25, 0.3) is 5.91 Å². The summed E-state index contributed by atoms with van der Waals surface area (Å²) in [5.41, 5.74) is 3.91. The normalized spacial score (nSPS) is 11.9. The maximum atomic E-state index is 12.0. The number of phenolic OH excluding ortho intramolecular Hbond substituents is 1. The molecule has 2 aromatic rings. The Bertz CT molecular complexity index is 765. The zero-order valence-corrected chi connectivity index (χ0v) is 16.6. The third kappa shape index (κ3) is 4.54. The summed E-state index contributed by atoms with van der Waals surface area (Å²) in [6.45, 7) is 6.08. The van der Waals surface area contributed by atoms with E-state index in [1.807, 2.05) is 43.4 Å². The summed E-state index contributed by atoms with van der Waals surface area (Å²) in [7, 11) is 0. The van der Waals surface area contributed by atoms with Crippen molar-refractivity contribution in [1.29, 1.82) is 0 Å². The zero-order valence-electron chi connectivity index (χ0n) is 12.8. The fourth-order valence-corrected chi connectivity index (χ4v) is 3.27. The predicted octanol–water partition coefficient (Wildman–Crippen LogP) is 3.54. The molecule has 0 aliphatic carbocycles. The van der Waals surface area contributed by atoms with Gasteiger partial charge < -0.3 is 5.11 Å². The van der Waals surface area contributed by atoms with E-state index in [-0.39, 0.29) is 16.9 Å². The van der Waals surface area contributed by atoms with E-state index in [4.69, 9.17) is 0 Å². The first kappa shape index (κ1) is 17.9. The second-order valence-corrected chi connectivity index (χ2v) is 8.02. The molecule has 0 aliphatic heterocycles. The third-order valence-electron chi connectivity index (χ3n) is 3.05. The minimum atomic E-state index is -0.419. The van der Waals surface area contributed by atoms with Crippen molar-refractivity contribution < 1.29 is 9.90 Å². The number of nitrogens with zero attached hydrogens (tertiary/aromatic N) is 2. The van der Waals surface area contributed by atoms with Crippen LogP contribution in [0.3, 0.4) is 0 Å². The monoisotopic (exact) mass is 490 g/mol. The van der Waals surface area contributed by atoms with Crippen molar-refractivity contribution in [2.45, 2.75) is 26.2 Å². The fraction of sp³-hybridized carbons (Fsp3) is 0.267. The van der Waals surface area contributed by atoms with Gasteiger partial charge in [-0.25, -0.2) is 5.43 Å². The third-order valence-corrected chi connectivity index (χ3v) is 4.33. The average molecular weight is 491 g/mol. The SMILES string of the molecule is CC(C)(C)c1cc(C(=O)N/N=C\c2cc(Br)cc(I)c2O)n[nH]1. The van der Waals surface area contributed by atoms with Gasteiger partial charge in [-0.3, -0.25) is 9.89 Å². The molecule has 0 fully saturated rings. The van der Waals surface area contributed by atoms with E-state index in [1.165, 1.54) is 6.21 Å². The van der Waals surface area contributed by atoms with E-state index in [0.717, 1.165) is 10.2 Å². The van der Waals surface area contributed by atoms with Gasteiger partial charge in [-0.1, -0.05) is 36.7 Å². The van der Waals surface area contributed by atoms with Crippen LogP contribution in [0, 0.1) is 3.57 Å². The molecule has 6 nitrogen and oxygen atoms in total. The van der Waals surface area contributed by atoms with Gasteiger partial charge in [-0.2, -0.15) is 10.2 Å². The van der Waals surface area contributed by atoms with Crippen LogP contribution in [0.25, 0.3) is 0 Å². The number of halogens is 2. The smallest absolute Gasteiger partial charge is 0.291 e. The van der Waals surface area contributed by atoms with Crippen molar-refractivity contribution in [3.8, 4) is 5.75 Å². The zero-order chi connectivity index (χ0) is 17.2. The topological polar surface area (TPSA) is 90.4 Å². The maximum Gasteiger partial charge on any atom is 0.291 e.